The summed E-state index contributed by atoms with van der Waals surface area (Å²) in [5, 5.41) is 0. The molecular weight excluding hydrogens is 448 g/mol. The molecule has 186 valence electrons. The highest BCUT2D eigenvalue weighted by Gasteiger charge is 2.28. The van der Waals surface area contributed by atoms with Crippen LogP contribution in [0.4, 0.5) is 0 Å². The molecule has 0 radical (unpaired) electrons. The van der Waals surface area contributed by atoms with Gasteiger partial charge < -0.3 is 9.47 Å². The lowest BCUT2D eigenvalue weighted by molar-refractivity contribution is -0.131. The third-order valence-electron chi connectivity index (χ3n) is 5.56. The first-order valence-corrected chi connectivity index (χ1v) is 12.0. The Morgan fingerprint density at radius 2 is 1.11 bits per heavy atom. The van der Waals surface area contributed by atoms with Crippen molar-refractivity contribution in [3.8, 4) is 11.5 Å². The van der Waals surface area contributed by atoms with Crippen LogP contribution in [-0.4, -0.2) is 11.9 Å². The average Bonchev–Trinajstić information content (AvgIpc) is 2.82. The summed E-state index contributed by atoms with van der Waals surface area (Å²) in [6, 6.07) is 22.8. The monoisotopic (exact) mass is 482 g/mol. The molecule has 3 aromatic rings. The van der Waals surface area contributed by atoms with Crippen LogP contribution in [0.2, 0.25) is 0 Å². The molecule has 0 spiro atoms. The maximum atomic E-state index is 12.8. The smallest absolute Gasteiger partial charge is 0.336 e. The highest BCUT2D eigenvalue weighted by atomic mass is 16.6. The van der Waals surface area contributed by atoms with E-state index in [4.69, 9.17) is 9.47 Å². The number of carbonyl (C=O) groups is 2. The van der Waals surface area contributed by atoms with Crippen molar-refractivity contribution in [2.45, 2.75) is 52.4 Å². The van der Waals surface area contributed by atoms with Crippen molar-refractivity contribution in [3.05, 3.63) is 107 Å². The number of hydrogen-bond donors (Lipinski definition) is 0. The minimum atomic E-state index is -0.554. The number of rotatable bonds is 6. The Hall–Kier alpha value is -3.92. The standard InChI is InChI=1S/C32H34O4/c1-31(2,3)25-21-26(32(4,5)6)30(36-29(34)20-18-24-15-11-8-12-16-24)27(22-25)35-28(33)19-17-23-13-9-7-10-14-23/h7-22H,1-6H3/b19-17-,20-18+. The van der Waals surface area contributed by atoms with Gasteiger partial charge in [-0.15, -0.1) is 0 Å². The first kappa shape index (κ1) is 26.7. The van der Waals surface area contributed by atoms with Gasteiger partial charge in [-0.1, -0.05) is 108 Å². The minimum Gasteiger partial charge on any atom is -0.419 e. The van der Waals surface area contributed by atoms with Crippen molar-refractivity contribution in [3.63, 3.8) is 0 Å². The van der Waals surface area contributed by atoms with E-state index in [0.717, 1.165) is 22.3 Å². The topological polar surface area (TPSA) is 52.6 Å². The number of ether oxygens (including phenoxy) is 2. The van der Waals surface area contributed by atoms with Crippen LogP contribution < -0.4 is 9.47 Å². The molecule has 0 aliphatic carbocycles. The molecular formula is C32H34O4. The van der Waals surface area contributed by atoms with Gasteiger partial charge in [-0.3, -0.25) is 0 Å². The molecule has 0 unspecified atom stereocenters. The Bertz CT molecular complexity index is 1260. The van der Waals surface area contributed by atoms with E-state index in [2.05, 4.69) is 20.8 Å². The Morgan fingerprint density at radius 1 is 0.639 bits per heavy atom. The zero-order valence-electron chi connectivity index (χ0n) is 21.9. The Balaban J connectivity index is 2.00. The van der Waals surface area contributed by atoms with Crippen molar-refractivity contribution in [2.24, 2.45) is 0 Å². The maximum Gasteiger partial charge on any atom is 0.336 e. The maximum absolute atomic E-state index is 12.8. The summed E-state index contributed by atoms with van der Waals surface area (Å²) in [7, 11) is 0. The van der Waals surface area contributed by atoms with E-state index < -0.39 is 11.9 Å². The van der Waals surface area contributed by atoms with Crippen LogP contribution >= 0.6 is 0 Å². The van der Waals surface area contributed by atoms with Crippen molar-refractivity contribution >= 4 is 24.1 Å². The van der Waals surface area contributed by atoms with Gasteiger partial charge in [0.25, 0.3) is 0 Å². The molecule has 3 aromatic carbocycles. The molecule has 0 bridgehead atoms. The summed E-state index contributed by atoms with van der Waals surface area (Å²) in [5.74, 6) is -0.636. The Morgan fingerprint density at radius 3 is 1.56 bits per heavy atom. The normalized spacial score (nSPS) is 12.2. The average molecular weight is 483 g/mol. The number of benzene rings is 3. The Kier molecular flexibility index (Phi) is 8.31. The van der Waals surface area contributed by atoms with E-state index in [-0.39, 0.29) is 22.3 Å². The molecule has 0 saturated heterocycles. The van der Waals surface area contributed by atoms with Crippen molar-refractivity contribution < 1.29 is 19.1 Å². The molecule has 0 amide bonds. The fourth-order valence-corrected chi connectivity index (χ4v) is 3.51. The predicted molar refractivity (Wildman–Crippen MR) is 146 cm³/mol. The zero-order chi connectivity index (χ0) is 26.3. The summed E-state index contributed by atoms with van der Waals surface area (Å²) < 4.78 is 11.6. The van der Waals surface area contributed by atoms with Gasteiger partial charge in [0.15, 0.2) is 11.5 Å². The third kappa shape index (κ3) is 7.54. The summed E-state index contributed by atoms with van der Waals surface area (Å²) in [6.45, 7) is 12.4. The van der Waals surface area contributed by atoms with E-state index in [9.17, 15) is 9.59 Å². The second-order valence-corrected chi connectivity index (χ2v) is 10.7. The summed E-state index contributed by atoms with van der Waals surface area (Å²) >= 11 is 0. The van der Waals surface area contributed by atoms with Gasteiger partial charge in [-0.25, -0.2) is 9.59 Å². The van der Waals surface area contributed by atoms with E-state index in [1.165, 1.54) is 12.2 Å². The van der Waals surface area contributed by atoms with Crippen molar-refractivity contribution in [1.29, 1.82) is 0 Å². The van der Waals surface area contributed by atoms with E-state index >= 15 is 0 Å². The van der Waals surface area contributed by atoms with Crippen LogP contribution in [0.3, 0.4) is 0 Å². The largest absolute Gasteiger partial charge is 0.419 e. The number of carbonyl (C=O) groups excluding carboxylic acids is 2. The first-order valence-electron chi connectivity index (χ1n) is 12.0. The van der Waals surface area contributed by atoms with Crippen molar-refractivity contribution in [2.75, 3.05) is 0 Å². The second-order valence-electron chi connectivity index (χ2n) is 10.7. The van der Waals surface area contributed by atoms with E-state index in [1.54, 1.807) is 18.2 Å². The summed E-state index contributed by atoms with van der Waals surface area (Å²) in [6.07, 6.45) is 6.13. The highest BCUT2D eigenvalue weighted by molar-refractivity contribution is 5.91. The Labute approximate surface area is 214 Å². The van der Waals surface area contributed by atoms with Gasteiger partial charge in [-0.2, -0.15) is 0 Å². The van der Waals surface area contributed by atoms with Gasteiger partial charge in [0.1, 0.15) is 0 Å². The van der Waals surface area contributed by atoms with Gasteiger partial charge in [-0.05, 0) is 45.7 Å². The molecule has 0 atom stereocenters. The molecule has 4 nitrogen and oxygen atoms in total. The molecule has 0 N–H and O–H groups in total. The van der Waals surface area contributed by atoms with Crippen LogP contribution in [0.25, 0.3) is 12.2 Å². The molecule has 0 aliphatic rings. The van der Waals surface area contributed by atoms with Gasteiger partial charge in [0.05, 0.1) is 0 Å². The lowest BCUT2D eigenvalue weighted by Crippen LogP contribution is -2.20. The van der Waals surface area contributed by atoms with Gasteiger partial charge in [0.2, 0.25) is 0 Å². The minimum absolute atomic E-state index is 0.212. The number of hydrogen-bond acceptors (Lipinski definition) is 4. The molecule has 3 rings (SSSR count). The lowest BCUT2D eigenvalue weighted by atomic mass is 9.80. The summed E-state index contributed by atoms with van der Waals surface area (Å²) in [5.41, 5.74) is 2.93. The predicted octanol–water partition coefficient (Wildman–Crippen LogP) is 7.52. The molecule has 0 aromatic heterocycles. The molecule has 0 aliphatic heterocycles. The second kappa shape index (κ2) is 11.2. The first-order chi connectivity index (χ1) is 16.9. The fourth-order valence-electron chi connectivity index (χ4n) is 3.51. The van der Waals surface area contributed by atoms with Crippen LogP contribution in [0.15, 0.2) is 84.9 Å². The fraction of sp³-hybridized carbons (Fsp3) is 0.250. The SMILES string of the molecule is CC(C)(C)c1cc(OC(=O)/C=C\c2ccccc2)c(OC(=O)/C=C/c2ccccc2)c(C(C)(C)C)c1. The quantitative estimate of drug-likeness (QED) is 0.207. The van der Waals surface area contributed by atoms with E-state index in [0.29, 0.717) is 0 Å². The molecule has 0 heterocycles. The van der Waals surface area contributed by atoms with Crippen LogP contribution in [0.5, 0.6) is 11.5 Å². The van der Waals surface area contributed by atoms with Crippen molar-refractivity contribution in [1.82, 2.24) is 0 Å². The zero-order valence-corrected chi connectivity index (χ0v) is 21.9. The van der Waals surface area contributed by atoms with Crippen LogP contribution in [-0.2, 0) is 20.4 Å². The van der Waals surface area contributed by atoms with Crippen LogP contribution in [0.1, 0.15) is 63.8 Å². The van der Waals surface area contributed by atoms with Crippen LogP contribution in [0, 0.1) is 0 Å². The lowest BCUT2D eigenvalue weighted by Gasteiger charge is -2.28. The third-order valence-corrected chi connectivity index (χ3v) is 5.56. The van der Waals surface area contributed by atoms with E-state index in [1.807, 2.05) is 87.5 Å². The highest BCUT2D eigenvalue weighted by Crippen LogP contribution is 2.42. The molecule has 0 fully saturated rings. The van der Waals surface area contributed by atoms with Gasteiger partial charge in [0, 0.05) is 17.7 Å². The molecule has 0 saturated carbocycles. The molecule has 4 heteroatoms. The van der Waals surface area contributed by atoms with Gasteiger partial charge >= 0.3 is 11.9 Å². The number of esters is 2. The summed E-state index contributed by atoms with van der Waals surface area (Å²) in [4.78, 5) is 25.6. The molecule has 36 heavy (non-hydrogen) atoms.